The number of hydrogen-bond acceptors (Lipinski definition) is 8. The van der Waals surface area contributed by atoms with Crippen LogP contribution < -0.4 is 21.3 Å². The second kappa shape index (κ2) is 44.5. The third-order valence-electron chi connectivity index (χ3n) is 3.20. The van der Waals surface area contributed by atoms with Gasteiger partial charge < -0.3 is 121 Å². The van der Waals surface area contributed by atoms with Gasteiger partial charge >= 0.3 is 34.1 Å². The number of thiocarbonyl (C=S) groups is 4. The van der Waals surface area contributed by atoms with E-state index in [0.29, 0.717) is 17.3 Å². The summed E-state index contributed by atoms with van der Waals surface area (Å²) in [4.78, 5) is 0. The van der Waals surface area contributed by atoms with Crippen molar-refractivity contribution in [2.24, 2.45) is 0 Å². The molecule has 4 nitrogen and oxygen atoms in total. The molecule has 0 atom stereocenters. The van der Waals surface area contributed by atoms with Gasteiger partial charge in [0, 0.05) is 26.2 Å². The summed E-state index contributed by atoms with van der Waals surface area (Å²) in [5, 5.41) is 11.6. The largest absolute Gasteiger partial charge is 2.00 e. The molecule has 4 N–H and O–H groups in total. The van der Waals surface area contributed by atoms with Gasteiger partial charge in [0.15, 0.2) is 0 Å². The van der Waals surface area contributed by atoms with Crippen LogP contribution in [0.3, 0.4) is 0 Å². The zero-order valence-corrected chi connectivity index (χ0v) is 28.8. The van der Waals surface area contributed by atoms with E-state index in [9.17, 15) is 0 Å². The standard InChI is InChI=1S/4C5H11NS2.2Cu/c4*1-2-3-4-6-5(7)8;;/h4*2-4H2,1H3,(H2,6,7,8);;/q;;;;2*+2/p-4. The van der Waals surface area contributed by atoms with E-state index in [0.717, 1.165) is 51.9 Å². The quantitative estimate of drug-likeness (QED) is 0.0969. The molecule has 0 bridgehead atoms. The van der Waals surface area contributed by atoms with Gasteiger partial charge in [0.2, 0.25) is 0 Å². The second-order valence-corrected chi connectivity index (χ2v) is 10.6. The Kier molecular flexibility index (Phi) is 63.5. The summed E-state index contributed by atoms with van der Waals surface area (Å²) in [6.07, 6.45) is 9.34. The van der Waals surface area contributed by atoms with E-state index in [2.05, 4.69) is 148 Å². The fourth-order valence-electron chi connectivity index (χ4n) is 1.47. The predicted octanol–water partition coefficient (Wildman–Crippen LogP) is 4.83. The number of rotatable bonds is 12. The molecule has 0 heterocycles. The molecule has 0 unspecified atom stereocenters. The molecule has 0 aliphatic heterocycles. The average molecular weight is 720 g/mol. The first-order valence-corrected chi connectivity index (χ1v) is 14.1. The van der Waals surface area contributed by atoms with Crippen LogP contribution in [-0.4, -0.2) is 43.5 Å². The van der Waals surface area contributed by atoms with Crippen molar-refractivity contribution in [1.82, 2.24) is 21.3 Å². The van der Waals surface area contributed by atoms with Crippen molar-refractivity contribution in [1.29, 1.82) is 0 Å². The maximum Gasteiger partial charge on any atom is 2.00 e. The van der Waals surface area contributed by atoms with Crippen LogP contribution in [0, 0.1) is 0 Å². The summed E-state index contributed by atoms with van der Waals surface area (Å²) < 4.78 is 1.94. The van der Waals surface area contributed by atoms with E-state index in [4.69, 9.17) is 0 Å². The third kappa shape index (κ3) is 76.6. The molecule has 0 aliphatic carbocycles. The van der Waals surface area contributed by atoms with Crippen LogP contribution in [0.4, 0.5) is 0 Å². The molecule has 0 rings (SSSR count). The Hall–Kier alpha value is 1.48. The van der Waals surface area contributed by atoms with Crippen LogP contribution >= 0.6 is 48.9 Å². The van der Waals surface area contributed by atoms with Crippen LogP contribution in [0.1, 0.15) is 79.1 Å². The fourth-order valence-corrected chi connectivity index (χ4v) is 2.29. The molecular formula is C20H40Cu2N4S8. The van der Waals surface area contributed by atoms with Gasteiger partial charge in [0.05, 0.1) is 0 Å². The Morgan fingerprint density at radius 1 is 0.441 bits per heavy atom. The van der Waals surface area contributed by atoms with Crippen molar-refractivity contribution in [3.63, 3.8) is 0 Å². The van der Waals surface area contributed by atoms with Gasteiger partial charge in [-0.05, 0) is 25.7 Å². The Morgan fingerprint density at radius 2 is 0.588 bits per heavy atom. The molecule has 0 aromatic heterocycles. The van der Waals surface area contributed by atoms with Crippen molar-refractivity contribution in [3.8, 4) is 0 Å². The summed E-state index contributed by atoms with van der Waals surface area (Å²) in [7, 11) is 0. The normalized spacial score (nSPS) is 8.12. The summed E-state index contributed by atoms with van der Waals surface area (Å²) in [5.41, 5.74) is 0. The Bertz CT molecular complexity index is 382. The Balaban J connectivity index is -0.0000000754. The molecule has 0 fully saturated rings. The van der Waals surface area contributed by atoms with Crippen molar-refractivity contribution < 1.29 is 34.1 Å². The summed E-state index contributed by atoms with van der Waals surface area (Å²) in [6.45, 7) is 12.2. The number of hydrogen-bond donors (Lipinski definition) is 4. The van der Waals surface area contributed by atoms with Crippen LogP contribution in [0.15, 0.2) is 0 Å². The molecule has 0 aromatic carbocycles. The summed E-state index contributed by atoms with van der Waals surface area (Å²) in [6, 6.07) is 0. The number of nitrogens with one attached hydrogen (secondary N) is 4. The summed E-state index contributed by atoms with van der Waals surface area (Å²) >= 11 is 36.9. The Morgan fingerprint density at radius 3 is 0.676 bits per heavy atom. The van der Waals surface area contributed by atoms with E-state index >= 15 is 0 Å². The topological polar surface area (TPSA) is 48.1 Å². The smallest absolute Gasteiger partial charge is 0.412 e. The van der Waals surface area contributed by atoms with Crippen molar-refractivity contribution in [2.75, 3.05) is 26.2 Å². The van der Waals surface area contributed by atoms with E-state index in [1.807, 2.05) is 0 Å². The molecular weight excluding hydrogens is 680 g/mol. The Labute approximate surface area is 274 Å². The van der Waals surface area contributed by atoms with Crippen LogP contribution in [0.5, 0.6) is 0 Å². The van der Waals surface area contributed by atoms with Gasteiger partial charge in [-0.1, -0.05) is 70.7 Å². The van der Waals surface area contributed by atoms with Gasteiger partial charge in [0.1, 0.15) is 0 Å². The van der Waals surface area contributed by atoms with E-state index in [-0.39, 0.29) is 34.1 Å². The minimum Gasteiger partial charge on any atom is -0.412 e. The first-order valence-electron chi connectivity index (χ1n) is 10.9. The van der Waals surface area contributed by atoms with Crippen LogP contribution in [-0.2, 0) is 84.7 Å². The molecule has 0 aliphatic rings. The molecule has 0 saturated carbocycles. The summed E-state index contributed by atoms with van der Waals surface area (Å²) in [5.74, 6) is 0. The van der Waals surface area contributed by atoms with Gasteiger partial charge in [-0.3, -0.25) is 0 Å². The van der Waals surface area contributed by atoms with E-state index in [1.54, 1.807) is 0 Å². The zero-order valence-electron chi connectivity index (χ0n) is 20.4. The van der Waals surface area contributed by atoms with Crippen molar-refractivity contribution >= 4 is 117 Å². The minimum absolute atomic E-state index is 0. The van der Waals surface area contributed by atoms with Crippen molar-refractivity contribution in [3.05, 3.63) is 0 Å². The molecule has 34 heavy (non-hydrogen) atoms. The SMILES string of the molecule is CCCCNC(=S)[S-].CCCCNC(=S)[S-].CCCCNC(=S)[S-].CCCCNC(=S)[S-].[Cu+2].[Cu+2]. The third-order valence-corrected chi connectivity index (χ3v) is 4.35. The predicted molar refractivity (Wildman–Crippen MR) is 171 cm³/mol. The molecule has 210 valence electrons. The van der Waals surface area contributed by atoms with Gasteiger partial charge in [0.25, 0.3) is 0 Å². The van der Waals surface area contributed by atoms with E-state index < -0.39 is 0 Å². The first kappa shape index (κ1) is 48.5. The maximum atomic E-state index is 4.61. The number of unbranched alkanes of at least 4 members (excludes halogenated alkanes) is 4. The van der Waals surface area contributed by atoms with Gasteiger partial charge in [-0.2, -0.15) is 0 Å². The molecule has 0 saturated heterocycles. The maximum absolute atomic E-state index is 4.61. The van der Waals surface area contributed by atoms with Crippen molar-refractivity contribution in [2.45, 2.75) is 79.1 Å². The monoisotopic (exact) mass is 718 g/mol. The minimum atomic E-state index is 0. The van der Waals surface area contributed by atoms with Gasteiger partial charge in [-0.15, -0.1) is 0 Å². The first-order chi connectivity index (χ1) is 15.1. The average Bonchev–Trinajstić information content (AvgIpc) is 2.69. The molecule has 14 heteroatoms. The van der Waals surface area contributed by atoms with Gasteiger partial charge in [-0.25, -0.2) is 0 Å². The fraction of sp³-hybridized carbons (Fsp3) is 0.800. The molecule has 2 radical (unpaired) electrons. The zero-order chi connectivity index (χ0) is 25.6. The molecule has 0 spiro atoms. The van der Waals surface area contributed by atoms with Crippen LogP contribution in [0.2, 0.25) is 0 Å². The second-order valence-electron chi connectivity index (χ2n) is 6.27. The van der Waals surface area contributed by atoms with E-state index in [1.165, 1.54) is 25.7 Å². The molecule has 0 aromatic rings. The molecule has 0 amide bonds. The van der Waals surface area contributed by atoms with Crippen LogP contribution in [0.25, 0.3) is 0 Å².